The molecule has 3 nitrogen and oxygen atoms in total. The number of carbonyl (C=O) groups excluding carboxylic acids is 1. The highest BCUT2D eigenvalue weighted by Gasteiger charge is 2.17. The van der Waals surface area contributed by atoms with Crippen molar-refractivity contribution in [3.8, 4) is 5.75 Å². The van der Waals surface area contributed by atoms with E-state index in [1.165, 1.54) is 26.4 Å². The fourth-order valence-electron chi connectivity index (χ4n) is 0.957. The second kappa shape index (κ2) is 4.28. The molecule has 0 aliphatic rings. The van der Waals surface area contributed by atoms with Crippen LogP contribution in [0.4, 0.5) is 4.39 Å². The van der Waals surface area contributed by atoms with Gasteiger partial charge in [-0.3, -0.25) is 0 Å². The first-order valence-corrected chi connectivity index (χ1v) is 4.10. The van der Waals surface area contributed by atoms with Gasteiger partial charge in [-0.25, -0.2) is 9.18 Å². The van der Waals surface area contributed by atoms with Gasteiger partial charge in [0.15, 0.2) is 11.6 Å². The van der Waals surface area contributed by atoms with Gasteiger partial charge in [0, 0.05) is 0 Å². The smallest absolute Gasteiger partial charge is 0.339 e. The second-order valence-corrected chi connectivity index (χ2v) is 2.81. The van der Waals surface area contributed by atoms with Gasteiger partial charge in [0.2, 0.25) is 0 Å². The molecule has 0 unspecified atom stereocenters. The average Bonchev–Trinajstić information content (AvgIpc) is 2.21. The van der Waals surface area contributed by atoms with E-state index in [-0.39, 0.29) is 16.3 Å². The summed E-state index contributed by atoms with van der Waals surface area (Å²) in [5.74, 6) is -1.46. The average molecular weight is 219 g/mol. The van der Waals surface area contributed by atoms with E-state index in [0.29, 0.717) is 0 Å². The van der Waals surface area contributed by atoms with Crippen molar-refractivity contribution in [2.45, 2.75) is 0 Å². The molecule has 0 bridgehead atoms. The lowest BCUT2D eigenvalue weighted by Gasteiger charge is -2.06. The molecule has 0 fully saturated rings. The van der Waals surface area contributed by atoms with E-state index >= 15 is 0 Å². The summed E-state index contributed by atoms with van der Waals surface area (Å²) in [6.07, 6.45) is 0. The molecule has 0 aliphatic heterocycles. The lowest BCUT2D eigenvalue weighted by molar-refractivity contribution is 0.0600. The van der Waals surface area contributed by atoms with E-state index in [2.05, 4.69) is 9.47 Å². The standard InChI is InChI=1S/C9H8ClFO3/c1-13-6-4-3-5(9(12)14-2)7(10)8(6)11/h3-4H,1-2H3. The maximum absolute atomic E-state index is 13.3. The molecule has 76 valence electrons. The highest BCUT2D eigenvalue weighted by molar-refractivity contribution is 6.33. The number of halogens is 2. The fourth-order valence-corrected chi connectivity index (χ4v) is 1.19. The van der Waals surface area contributed by atoms with Crippen molar-refractivity contribution >= 4 is 17.6 Å². The summed E-state index contributed by atoms with van der Waals surface area (Å²) in [5.41, 5.74) is -0.0209. The molecule has 1 rings (SSSR count). The number of benzene rings is 1. The molecule has 0 aromatic heterocycles. The maximum Gasteiger partial charge on any atom is 0.339 e. The van der Waals surface area contributed by atoms with Gasteiger partial charge in [-0.1, -0.05) is 11.6 Å². The molecule has 0 saturated carbocycles. The predicted molar refractivity (Wildman–Crippen MR) is 49.3 cm³/mol. The molecular weight excluding hydrogens is 211 g/mol. The molecule has 5 heteroatoms. The number of rotatable bonds is 2. The topological polar surface area (TPSA) is 35.5 Å². The zero-order valence-corrected chi connectivity index (χ0v) is 8.39. The third-order valence-corrected chi connectivity index (χ3v) is 2.04. The van der Waals surface area contributed by atoms with E-state index in [1.807, 2.05) is 0 Å². The number of ether oxygens (including phenoxy) is 2. The van der Waals surface area contributed by atoms with Gasteiger partial charge in [0.1, 0.15) is 0 Å². The van der Waals surface area contributed by atoms with Gasteiger partial charge >= 0.3 is 5.97 Å². The lowest BCUT2D eigenvalue weighted by Crippen LogP contribution is -2.04. The Morgan fingerprint density at radius 2 is 2.07 bits per heavy atom. The quantitative estimate of drug-likeness (QED) is 0.715. The van der Waals surface area contributed by atoms with Crippen LogP contribution in [0.5, 0.6) is 5.75 Å². The third-order valence-electron chi connectivity index (χ3n) is 1.67. The number of hydrogen-bond acceptors (Lipinski definition) is 3. The Morgan fingerprint density at radius 1 is 1.43 bits per heavy atom. The Labute approximate surface area is 85.4 Å². The minimum absolute atomic E-state index is 0.0114. The summed E-state index contributed by atoms with van der Waals surface area (Å²) in [4.78, 5) is 11.1. The maximum atomic E-state index is 13.3. The van der Waals surface area contributed by atoms with Crippen LogP contribution in [0.1, 0.15) is 10.4 Å². The number of hydrogen-bond donors (Lipinski definition) is 0. The van der Waals surface area contributed by atoms with Crippen LogP contribution in [0.15, 0.2) is 12.1 Å². The van der Waals surface area contributed by atoms with Crippen LogP contribution in [0.3, 0.4) is 0 Å². The normalized spacial score (nSPS) is 9.71. The van der Waals surface area contributed by atoms with E-state index in [4.69, 9.17) is 11.6 Å². The highest BCUT2D eigenvalue weighted by atomic mass is 35.5. The van der Waals surface area contributed by atoms with Crippen molar-refractivity contribution in [1.82, 2.24) is 0 Å². The van der Waals surface area contributed by atoms with Crippen LogP contribution in [-0.4, -0.2) is 20.2 Å². The van der Waals surface area contributed by atoms with Gasteiger partial charge in [0.25, 0.3) is 0 Å². The number of esters is 1. The van der Waals surface area contributed by atoms with Crippen LogP contribution >= 0.6 is 11.6 Å². The summed E-state index contributed by atoms with van der Waals surface area (Å²) in [5, 5.41) is -0.295. The molecule has 1 aromatic rings. The molecule has 0 radical (unpaired) electrons. The van der Waals surface area contributed by atoms with Crippen molar-refractivity contribution in [2.75, 3.05) is 14.2 Å². The molecule has 0 spiro atoms. The lowest BCUT2D eigenvalue weighted by atomic mass is 10.2. The van der Waals surface area contributed by atoms with Crippen molar-refractivity contribution in [1.29, 1.82) is 0 Å². The zero-order chi connectivity index (χ0) is 10.7. The zero-order valence-electron chi connectivity index (χ0n) is 7.64. The van der Waals surface area contributed by atoms with Gasteiger partial charge < -0.3 is 9.47 Å². The van der Waals surface area contributed by atoms with Gasteiger partial charge in [-0.2, -0.15) is 0 Å². The Balaban J connectivity index is 3.24. The molecule has 0 N–H and O–H groups in total. The SMILES string of the molecule is COC(=O)c1ccc(OC)c(F)c1Cl. The Hall–Kier alpha value is -1.29. The number of methoxy groups -OCH3 is 2. The third kappa shape index (κ3) is 1.80. The minimum atomic E-state index is -0.767. The molecule has 0 amide bonds. The van der Waals surface area contributed by atoms with E-state index in [9.17, 15) is 9.18 Å². The van der Waals surface area contributed by atoms with Crippen molar-refractivity contribution in [3.05, 3.63) is 28.5 Å². The van der Waals surface area contributed by atoms with E-state index in [1.54, 1.807) is 0 Å². The Kier molecular flexibility index (Phi) is 3.30. The molecular formula is C9H8ClFO3. The summed E-state index contributed by atoms with van der Waals surface area (Å²) in [6.45, 7) is 0. The van der Waals surface area contributed by atoms with E-state index < -0.39 is 11.8 Å². The first-order valence-electron chi connectivity index (χ1n) is 3.72. The largest absolute Gasteiger partial charge is 0.494 e. The van der Waals surface area contributed by atoms with Gasteiger partial charge in [-0.05, 0) is 12.1 Å². The molecule has 0 saturated heterocycles. The number of carbonyl (C=O) groups is 1. The Morgan fingerprint density at radius 3 is 2.57 bits per heavy atom. The monoisotopic (exact) mass is 218 g/mol. The van der Waals surface area contributed by atoms with Crippen LogP contribution in [0.2, 0.25) is 5.02 Å². The summed E-state index contributed by atoms with van der Waals surface area (Å²) in [7, 11) is 2.51. The highest BCUT2D eigenvalue weighted by Crippen LogP contribution is 2.28. The van der Waals surface area contributed by atoms with Crippen LogP contribution < -0.4 is 4.74 Å². The summed E-state index contributed by atoms with van der Waals surface area (Å²) in [6, 6.07) is 2.66. The summed E-state index contributed by atoms with van der Waals surface area (Å²) < 4.78 is 22.4. The van der Waals surface area contributed by atoms with Gasteiger partial charge in [-0.15, -0.1) is 0 Å². The molecule has 14 heavy (non-hydrogen) atoms. The van der Waals surface area contributed by atoms with Crippen LogP contribution in [0, 0.1) is 5.82 Å². The second-order valence-electron chi connectivity index (χ2n) is 2.43. The molecule has 0 heterocycles. The van der Waals surface area contributed by atoms with Crippen molar-refractivity contribution in [2.24, 2.45) is 0 Å². The Bertz CT molecular complexity index is 365. The van der Waals surface area contributed by atoms with Gasteiger partial charge in [0.05, 0.1) is 24.8 Å². The minimum Gasteiger partial charge on any atom is -0.494 e. The van der Waals surface area contributed by atoms with Crippen LogP contribution in [-0.2, 0) is 4.74 Å². The van der Waals surface area contributed by atoms with Crippen LogP contribution in [0.25, 0.3) is 0 Å². The van der Waals surface area contributed by atoms with E-state index in [0.717, 1.165) is 0 Å². The fraction of sp³-hybridized carbons (Fsp3) is 0.222. The van der Waals surface area contributed by atoms with Crippen molar-refractivity contribution < 1.29 is 18.7 Å². The summed E-state index contributed by atoms with van der Waals surface area (Å²) >= 11 is 5.59. The molecule has 1 aromatic carbocycles. The molecule has 0 aliphatic carbocycles. The van der Waals surface area contributed by atoms with Crippen molar-refractivity contribution in [3.63, 3.8) is 0 Å². The predicted octanol–water partition coefficient (Wildman–Crippen LogP) is 2.27. The first kappa shape index (κ1) is 10.8. The first-order chi connectivity index (χ1) is 6.61. The molecule has 0 atom stereocenters.